The summed E-state index contributed by atoms with van der Waals surface area (Å²) in [5.41, 5.74) is 9.99. The molecule has 0 aromatic heterocycles. The third-order valence-electron chi connectivity index (χ3n) is 9.44. The van der Waals surface area contributed by atoms with E-state index < -0.39 is 0 Å². The van der Waals surface area contributed by atoms with Gasteiger partial charge in [-0.25, -0.2) is 0 Å². The normalized spacial score (nSPS) is 11.5. The lowest BCUT2D eigenvalue weighted by atomic mass is 9.84. The summed E-state index contributed by atoms with van der Waals surface area (Å²) in [6.45, 7) is 0. The van der Waals surface area contributed by atoms with Gasteiger partial charge in [-0.1, -0.05) is 170 Å². The molecule has 9 aromatic rings. The van der Waals surface area contributed by atoms with Crippen LogP contribution in [0.5, 0.6) is 0 Å². The lowest BCUT2D eigenvalue weighted by Crippen LogP contribution is -1.91. The van der Waals surface area contributed by atoms with E-state index >= 15 is 0 Å². The highest BCUT2D eigenvalue weighted by molar-refractivity contribution is 6.23. The van der Waals surface area contributed by atoms with Crippen molar-refractivity contribution in [2.24, 2.45) is 0 Å². The average Bonchev–Trinajstić information content (AvgIpc) is 3.13. The minimum atomic E-state index is 1.22. The fraction of sp³-hybridized carbons (Fsp3) is 0. The fourth-order valence-electron chi connectivity index (χ4n) is 7.25. The standard InChI is InChI=1S/C46H30/c1-2-13-35-30-38(28-25-31(35)11-1)37-16-9-15-36(29-37)32-23-26-34(27-24-32)45-41-18-5-7-20-43(41)46(44-21-8-6-19-42(44)45)40-22-10-14-33-12-3-4-17-39(33)40/h1-30H. The Kier molecular flexibility index (Phi) is 6.25. The zero-order chi connectivity index (χ0) is 30.5. The minimum absolute atomic E-state index is 1.22. The summed E-state index contributed by atoms with van der Waals surface area (Å²) in [5.74, 6) is 0. The number of fused-ring (bicyclic) bond motifs is 4. The molecule has 0 aliphatic heterocycles. The van der Waals surface area contributed by atoms with Gasteiger partial charge in [0.1, 0.15) is 0 Å². The first-order valence-electron chi connectivity index (χ1n) is 15.9. The third kappa shape index (κ3) is 4.38. The van der Waals surface area contributed by atoms with Gasteiger partial charge in [0.25, 0.3) is 0 Å². The second-order valence-electron chi connectivity index (χ2n) is 12.1. The summed E-state index contributed by atoms with van der Waals surface area (Å²) in [7, 11) is 0. The summed E-state index contributed by atoms with van der Waals surface area (Å²) < 4.78 is 0. The summed E-state index contributed by atoms with van der Waals surface area (Å²) in [6.07, 6.45) is 0. The van der Waals surface area contributed by atoms with Crippen molar-refractivity contribution >= 4 is 43.1 Å². The monoisotopic (exact) mass is 582 g/mol. The smallest absolute Gasteiger partial charge is 0.00201 e. The van der Waals surface area contributed by atoms with Crippen LogP contribution >= 0.6 is 0 Å². The molecule has 0 saturated heterocycles. The molecule has 0 heteroatoms. The minimum Gasteiger partial charge on any atom is -0.0616 e. The van der Waals surface area contributed by atoms with Gasteiger partial charge in [-0.2, -0.15) is 0 Å². The van der Waals surface area contributed by atoms with Crippen molar-refractivity contribution in [2.75, 3.05) is 0 Å². The van der Waals surface area contributed by atoms with Crippen molar-refractivity contribution in [1.29, 1.82) is 0 Å². The number of benzene rings is 9. The molecule has 9 rings (SSSR count). The third-order valence-corrected chi connectivity index (χ3v) is 9.44. The van der Waals surface area contributed by atoms with Gasteiger partial charge in [-0.05, 0) is 99.7 Å². The predicted octanol–water partition coefficient (Wildman–Crippen LogP) is 13.0. The molecular formula is C46H30. The van der Waals surface area contributed by atoms with E-state index in [1.807, 2.05) is 0 Å². The van der Waals surface area contributed by atoms with Gasteiger partial charge in [0, 0.05) is 0 Å². The van der Waals surface area contributed by atoms with E-state index in [0.29, 0.717) is 0 Å². The highest BCUT2D eigenvalue weighted by Gasteiger charge is 2.17. The largest absolute Gasteiger partial charge is 0.0616 e. The molecule has 0 spiro atoms. The Morgan fingerprint density at radius 1 is 0.217 bits per heavy atom. The van der Waals surface area contributed by atoms with E-state index in [0.717, 1.165) is 0 Å². The lowest BCUT2D eigenvalue weighted by Gasteiger charge is -2.19. The predicted molar refractivity (Wildman–Crippen MR) is 198 cm³/mol. The van der Waals surface area contributed by atoms with Gasteiger partial charge in [0.2, 0.25) is 0 Å². The molecule has 0 atom stereocenters. The molecule has 0 aliphatic rings. The Morgan fingerprint density at radius 3 is 1.37 bits per heavy atom. The molecule has 46 heavy (non-hydrogen) atoms. The lowest BCUT2D eigenvalue weighted by molar-refractivity contribution is 1.59. The first kappa shape index (κ1) is 26.4. The van der Waals surface area contributed by atoms with Gasteiger partial charge in [0.15, 0.2) is 0 Å². The number of hydrogen-bond donors (Lipinski definition) is 0. The molecule has 0 aliphatic carbocycles. The molecule has 0 N–H and O–H groups in total. The van der Waals surface area contributed by atoms with Crippen molar-refractivity contribution in [3.63, 3.8) is 0 Å². The maximum absolute atomic E-state index is 2.31. The Labute approximate surface area is 268 Å². The van der Waals surface area contributed by atoms with Crippen LogP contribution in [0.3, 0.4) is 0 Å². The SMILES string of the molecule is c1cc(-c2ccc(-c3c4ccccc4c(-c4cccc5ccccc45)c4ccccc34)cc2)cc(-c2ccc3ccccc3c2)c1. The van der Waals surface area contributed by atoms with Crippen molar-refractivity contribution in [1.82, 2.24) is 0 Å². The molecule has 214 valence electrons. The van der Waals surface area contributed by atoms with Crippen LogP contribution in [0.1, 0.15) is 0 Å². The van der Waals surface area contributed by atoms with Crippen molar-refractivity contribution in [3.05, 3.63) is 182 Å². The van der Waals surface area contributed by atoms with E-state index in [9.17, 15) is 0 Å². The summed E-state index contributed by atoms with van der Waals surface area (Å²) in [4.78, 5) is 0. The van der Waals surface area contributed by atoms with Crippen molar-refractivity contribution in [2.45, 2.75) is 0 Å². The van der Waals surface area contributed by atoms with Gasteiger partial charge in [-0.3, -0.25) is 0 Å². The molecule has 0 fully saturated rings. The summed E-state index contributed by atoms with van der Waals surface area (Å²) >= 11 is 0. The summed E-state index contributed by atoms with van der Waals surface area (Å²) in [5, 5.41) is 10.2. The molecule has 0 radical (unpaired) electrons. The van der Waals surface area contributed by atoms with E-state index in [-0.39, 0.29) is 0 Å². The Morgan fingerprint density at radius 2 is 0.674 bits per heavy atom. The molecule has 0 saturated carbocycles. The van der Waals surface area contributed by atoms with Crippen LogP contribution in [0.25, 0.3) is 87.6 Å². The summed E-state index contributed by atoms with van der Waals surface area (Å²) in [6, 6.07) is 66.5. The zero-order valence-corrected chi connectivity index (χ0v) is 25.3. The molecular weight excluding hydrogens is 553 g/mol. The highest BCUT2D eigenvalue weighted by atomic mass is 14.2. The second-order valence-corrected chi connectivity index (χ2v) is 12.1. The van der Waals surface area contributed by atoms with E-state index in [1.165, 1.54) is 87.6 Å². The van der Waals surface area contributed by atoms with Gasteiger partial charge in [0.05, 0.1) is 0 Å². The van der Waals surface area contributed by atoms with Gasteiger partial charge in [-0.15, -0.1) is 0 Å². The first-order chi connectivity index (χ1) is 22.8. The molecule has 9 aromatic carbocycles. The number of hydrogen-bond acceptors (Lipinski definition) is 0. The molecule has 0 nitrogen and oxygen atoms in total. The van der Waals surface area contributed by atoms with E-state index in [2.05, 4.69) is 182 Å². The first-order valence-corrected chi connectivity index (χ1v) is 15.9. The van der Waals surface area contributed by atoms with Crippen LogP contribution in [0.2, 0.25) is 0 Å². The molecule has 0 unspecified atom stereocenters. The van der Waals surface area contributed by atoms with Crippen molar-refractivity contribution in [3.8, 4) is 44.5 Å². The Hall–Kier alpha value is -5.98. The quantitative estimate of drug-likeness (QED) is 0.181. The van der Waals surface area contributed by atoms with Crippen LogP contribution < -0.4 is 0 Å². The van der Waals surface area contributed by atoms with Crippen LogP contribution in [-0.4, -0.2) is 0 Å². The molecule has 0 amide bonds. The molecule has 0 bridgehead atoms. The maximum Gasteiger partial charge on any atom is -0.00201 e. The second kappa shape index (κ2) is 10.9. The van der Waals surface area contributed by atoms with Gasteiger partial charge >= 0.3 is 0 Å². The van der Waals surface area contributed by atoms with E-state index in [4.69, 9.17) is 0 Å². The van der Waals surface area contributed by atoms with Crippen LogP contribution in [0.15, 0.2) is 182 Å². The molecule has 0 heterocycles. The van der Waals surface area contributed by atoms with Crippen LogP contribution in [0, 0.1) is 0 Å². The maximum atomic E-state index is 2.31. The van der Waals surface area contributed by atoms with Gasteiger partial charge < -0.3 is 0 Å². The van der Waals surface area contributed by atoms with Crippen molar-refractivity contribution < 1.29 is 0 Å². The topological polar surface area (TPSA) is 0 Å². The highest BCUT2D eigenvalue weighted by Crippen LogP contribution is 2.45. The van der Waals surface area contributed by atoms with Crippen LogP contribution in [0.4, 0.5) is 0 Å². The Bertz CT molecular complexity index is 2510. The number of rotatable bonds is 4. The van der Waals surface area contributed by atoms with E-state index in [1.54, 1.807) is 0 Å². The average molecular weight is 583 g/mol. The zero-order valence-electron chi connectivity index (χ0n) is 25.3. The Balaban J connectivity index is 1.18. The van der Waals surface area contributed by atoms with Crippen LogP contribution in [-0.2, 0) is 0 Å². The fourth-order valence-corrected chi connectivity index (χ4v) is 7.25.